The van der Waals surface area contributed by atoms with Crippen LogP contribution in [0.4, 0.5) is 0 Å². The highest BCUT2D eigenvalue weighted by atomic mass is 16.0. The molecular formula is C25H32O. The number of allylic oxidation sites excluding steroid dienone is 4. The van der Waals surface area contributed by atoms with Gasteiger partial charge in [0.15, 0.2) is 0 Å². The number of benzene rings is 2. The van der Waals surface area contributed by atoms with Crippen LogP contribution in [0.15, 0.2) is 124 Å². The average Bonchev–Trinajstić information content (AvgIpc) is 2.70. The highest BCUT2D eigenvalue weighted by molar-refractivity contribution is 5.46. The fourth-order valence-corrected chi connectivity index (χ4v) is 1.18. The Labute approximate surface area is 160 Å². The van der Waals surface area contributed by atoms with Crippen LogP contribution in [0.1, 0.15) is 18.1 Å². The van der Waals surface area contributed by atoms with Crippen molar-refractivity contribution in [1.29, 1.82) is 0 Å². The lowest BCUT2D eigenvalue weighted by Crippen LogP contribution is -1.63. The maximum absolute atomic E-state index is 3.63. The predicted molar refractivity (Wildman–Crippen MR) is 122 cm³/mol. The van der Waals surface area contributed by atoms with Crippen molar-refractivity contribution in [3.8, 4) is 0 Å². The second kappa shape index (κ2) is 21.8. The Hall–Kier alpha value is -3.16. The van der Waals surface area contributed by atoms with Gasteiger partial charge in [0, 0.05) is 0 Å². The fraction of sp³-hybridized carbons (Fsp3) is 0.0400. The molecule has 2 aromatic carbocycles. The zero-order valence-electron chi connectivity index (χ0n) is 15.9. The van der Waals surface area contributed by atoms with Gasteiger partial charge in [-0.15, -0.1) is 0 Å². The van der Waals surface area contributed by atoms with Gasteiger partial charge in [-0.25, -0.2) is 0 Å². The first kappa shape index (κ1) is 27.7. The van der Waals surface area contributed by atoms with Crippen LogP contribution < -0.4 is 0 Å². The third-order valence-electron chi connectivity index (χ3n) is 2.59. The normalized spacial score (nSPS) is 7.27. The molecule has 138 valence electrons. The Morgan fingerprint density at radius 1 is 0.654 bits per heavy atom. The molecule has 1 nitrogen and oxygen atoms in total. The Kier molecular flexibility index (Phi) is 23.2. The molecule has 0 saturated heterocycles. The van der Waals surface area contributed by atoms with Crippen LogP contribution in [0.3, 0.4) is 0 Å². The summed E-state index contributed by atoms with van der Waals surface area (Å²) in [6.07, 6.45) is 8.67. The van der Waals surface area contributed by atoms with Gasteiger partial charge in [0.1, 0.15) is 0 Å². The summed E-state index contributed by atoms with van der Waals surface area (Å²) in [6.45, 7) is 22.9. The third-order valence-corrected chi connectivity index (χ3v) is 2.59. The van der Waals surface area contributed by atoms with Crippen molar-refractivity contribution in [3.63, 3.8) is 0 Å². The first-order chi connectivity index (χ1) is 12.0. The standard InChI is InChI=1S/2C8H8.C5H8.C4H6.H2O/c2*1-2-8-6-4-3-5-7-8;1-4-5(2)3;1-3-4-2;/h2*2-7H,1H2;4H,1-2H2,3H3;3-4H,1-2H2;1H2. The van der Waals surface area contributed by atoms with Gasteiger partial charge < -0.3 is 5.48 Å². The molecule has 0 saturated carbocycles. The zero-order valence-corrected chi connectivity index (χ0v) is 15.9. The van der Waals surface area contributed by atoms with Gasteiger partial charge in [-0.3, -0.25) is 0 Å². The molecule has 0 fully saturated rings. The third kappa shape index (κ3) is 20.8. The first-order valence-electron chi connectivity index (χ1n) is 7.92. The minimum atomic E-state index is 0. The Morgan fingerprint density at radius 3 is 1.04 bits per heavy atom. The van der Waals surface area contributed by atoms with E-state index in [1.54, 1.807) is 18.2 Å². The summed E-state index contributed by atoms with van der Waals surface area (Å²) in [7, 11) is 0. The van der Waals surface area contributed by atoms with E-state index in [2.05, 4.69) is 39.5 Å². The lowest BCUT2D eigenvalue weighted by Gasteiger charge is -1.85. The smallest absolute Gasteiger partial charge is 0.0263 e. The molecule has 26 heavy (non-hydrogen) atoms. The molecular weight excluding hydrogens is 316 g/mol. The van der Waals surface area contributed by atoms with Gasteiger partial charge >= 0.3 is 0 Å². The van der Waals surface area contributed by atoms with Crippen molar-refractivity contribution in [2.75, 3.05) is 0 Å². The second-order valence-corrected chi connectivity index (χ2v) is 4.75. The summed E-state index contributed by atoms with van der Waals surface area (Å²) in [4.78, 5) is 0. The highest BCUT2D eigenvalue weighted by Gasteiger charge is 1.76. The molecule has 0 radical (unpaired) electrons. The molecule has 0 heterocycles. The van der Waals surface area contributed by atoms with Crippen LogP contribution >= 0.6 is 0 Å². The Bertz CT molecular complexity index is 572. The number of hydrogen-bond acceptors (Lipinski definition) is 0. The Morgan fingerprint density at radius 2 is 0.923 bits per heavy atom. The summed E-state index contributed by atoms with van der Waals surface area (Å²) in [5.41, 5.74) is 3.37. The molecule has 2 aromatic rings. The first-order valence-corrected chi connectivity index (χ1v) is 7.92. The van der Waals surface area contributed by atoms with Gasteiger partial charge in [0.2, 0.25) is 0 Å². The Balaban J connectivity index is -0.000000280. The maximum Gasteiger partial charge on any atom is -0.0263 e. The molecule has 0 aliphatic heterocycles. The minimum Gasteiger partial charge on any atom is -0.412 e. The van der Waals surface area contributed by atoms with E-state index in [0.717, 1.165) is 5.57 Å². The lowest BCUT2D eigenvalue weighted by atomic mass is 10.2. The molecule has 2 N–H and O–H groups in total. The summed E-state index contributed by atoms with van der Waals surface area (Å²) in [6, 6.07) is 20.1. The summed E-state index contributed by atoms with van der Waals surface area (Å²) < 4.78 is 0. The van der Waals surface area contributed by atoms with E-state index >= 15 is 0 Å². The van der Waals surface area contributed by atoms with Crippen molar-refractivity contribution >= 4 is 12.2 Å². The fourth-order valence-electron chi connectivity index (χ4n) is 1.18. The van der Waals surface area contributed by atoms with Crippen molar-refractivity contribution in [1.82, 2.24) is 0 Å². The quantitative estimate of drug-likeness (QED) is 0.536. The van der Waals surface area contributed by atoms with Crippen molar-refractivity contribution < 1.29 is 5.48 Å². The molecule has 0 unspecified atom stereocenters. The van der Waals surface area contributed by atoms with Gasteiger partial charge in [0.25, 0.3) is 0 Å². The maximum atomic E-state index is 3.63. The molecule has 0 amide bonds. The number of hydrogen-bond donors (Lipinski definition) is 0. The van der Waals surface area contributed by atoms with Gasteiger partial charge in [-0.1, -0.05) is 136 Å². The molecule has 0 aliphatic carbocycles. The SMILES string of the molecule is C=CC(=C)C.C=CC=C.C=Cc1ccccc1.C=Cc1ccccc1.O. The second-order valence-electron chi connectivity index (χ2n) is 4.75. The summed E-state index contributed by atoms with van der Waals surface area (Å²) >= 11 is 0. The topological polar surface area (TPSA) is 31.5 Å². The van der Waals surface area contributed by atoms with E-state index in [-0.39, 0.29) is 5.48 Å². The minimum absolute atomic E-state index is 0. The van der Waals surface area contributed by atoms with Crippen LogP contribution in [0, 0.1) is 0 Å². The number of rotatable bonds is 4. The monoisotopic (exact) mass is 348 g/mol. The highest BCUT2D eigenvalue weighted by Crippen LogP contribution is 1.98. The summed E-state index contributed by atoms with van der Waals surface area (Å²) in [5.74, 6) is 0. The lowest BCUT2D eigenvalue weighted by molar-refractivity contribution is 0.824. The van der Waals surface area contributed by atoms with Gasteiger partial charge in [-0.2, -0.15) is 0 Å². The van der Waals surface area contributed by atoms with Crippen molar-refractivity contribution in [2.45, 2.75) is 6.92 Å². The van der Waals surface area contributed by atoms with Crippen LogP contribution in [0.25, 0.3) is 12.2 Å². The van der Waals surface area contributed by atoms with Gasteiger partial charge in [0.05, 0.1) is 0 Å². The predicted octanol–water partition coefficient (Wildman–Crippen LogP) is 6.94. The molecule has 0 atom stereocenters. The van der Waals surface area contributed by atoms with E-state index in [9.17, 15) is 0 Å². The molecule has 0 aliphatic rings. The molecule has 0 bridgehead atoms. The molecule has 2 rings (SSSR count). The van der Waals surface area contributed by atoms with Crippen molar-refractivity contribution in [2.24, 2.45) is 0 Å². The average molecular weight is 349 g/mol. The van der Waals surface area contributed by atoms with E-state index in [1.807, 2.05) is 79.7 Å². The molecule has 0 aromatic heterocycles. The van der Waals surface area contributed by atoms with Crippen LogP contribution in [0.2, 0.25) is 0 Å². The largest absolute Gasteiger partial charge is 0.412 e. The van der Waals surface area contributed by atoms with E-state index < -0.39 is 0 Å². The van der Waals surface area contributed by atoms with E-state index in [4.69, 9.17) is 0 Å². The van der Waals surface area contributed by atoms with Crippen molar-refractivity contribution in [3.05, 3.63) is 135 Å². The molecule has 0 spiro atoms. The molecule has 1 heteroatoms. The van der Waals surface area contributed by atoms with E-state index in [1.165, 1.54) is 11.1 Å². The zero-order chi connectivity index (χ0) is 19.3. The summed E-state index contributed by atoms with van der Waals surface area (Å²) in [5, 5.41) is 0. The van der Waals surface area contributed by atoms with Gasteiger partial charge in [-0.05, 0) is 18.1 Å². The van der Waals surface area contributed by atoms with E-state index in [0.29, 0.717) is 0 Å². The van der Waals surface area contributed by atoms with Crippen LogP contribution in [0.5, 0.6) is 0 Å². The van der Waals surface area contributed by atoms with Crippen LogP contribution in [-0.2, 0) is 0 Å². The van der Waals surface area contributed by atoms with Crippen LogP contribution in [-0.4, -0.2) is 5.48 Å².